The second-order valence-electron chi connectivity index (χ2n) is 8.57. The largest absolute Gasteiger partial charge is 0.456 e. The molecule has 1 aliphatic carbocycles. The molecule has 1 heterocycles. The summed E-state index contributed by atoms with van der Waals surface area (Å²) in [5.41, 5.74) is 0.802. The van der Waals surface area contributed by atoms with Crippen molar-refractivity contribution < 1.29 is 19.1 Å². The Kier molecular flexibility index (Phi) is 6.20. The average Bonchev–Trinajstić information content (AvgIpc) is 2.84. The molecular weight excluding hydrogens is 368 g/mol. The smallest absolute Gasteiger partial charge is 0.407 e. The molecule has 1 amide bonds. The Morgan fingerprint density at radius 2 is 1.70 bits per heavy atom. The van der Waals surface area contributed by atoms with Crippen LogP contribution in [0.5, 0.6) is 0 Å². The van der Waals surface area contributed by atoms with E-state index in [1.54, 1.807) is 12.1 Å². The van der Waals surface area contributed by atoms with E-state index in [1.165, 1.54) is 6.20 Å². The first-order valence-corrected chi connectivity index (χ1v) is 9.29. The molecular formula is C20H27ClN2O4. The van der Waals surface area contributed by atoms with Crippen LogP contribution in [0.1, 0.15) is 70.4 Å². The van der Waals surface area contributed by atoms with Gasteiger partial charge in [-0.15, -0.1) is 0 Å². The molecule has 148 valence electrons. The van der Waals surface area contributed by atoms with Gasteiger partial charge in [-0.2, -0.15) is 0 Å². The van der Waals surface area contributed by atoms with Crippen molar-refractivity contribution in [3.63, 3.8) is 0 Å². The van der Waals surface area contributed by atoms with Crippen molar-refractivity contribution in [3.05, 3.63) is 34.6 Å². The third-order valence-electron chi connectivity index (χ3n) is 3.63. The summed E-state index contributed by atoms with van der Waals surface area (Å²) >= 11 is 6.37. The van der Waals surface area contributed by atoms with E-state index >= 15 is 0 Å². The molecule has 1 unspecified atom stereocenters. The number of rotatable bonds is 3. The number of esters is 1. The average molecular weight is 395 g/mol. The summed E-state index contributed by atoms with van der Waals surface area (Å²) in [5, 5.41) is 3.48. The molecule has 7 heteroatoms. The van der Waals surface area contributed by atoms with Crippen molar-refractivity contribution in [2.45, 2.75) is 71.6 Å². The van der Waals surface area contributed by atoms with Crippen LogP contribution >= 0.6 is 11.6 Å². The van der Waals surface area contributed by atoms with Gasteiger partial charge in [-0.1, -0.05) is 11.6 Å². The van der Waals surface area contributed by atoms with E-state index < -0.39 is 23.3 Å². The minimum absolute atomic E-state index is 0.144. The molecule has 1 aliphatic rings. The van der Waals surface area contributed by atoms with Crippen LogP contribution in [-0.4, -0.2) is 34.3 Å². The second-order valence-corrected chi connectivity index (χ2v) is 9.03. The van der Waals surface area contributed by atoms with Gasteiger partial charge in [-0.25, -0.2) is 9.59 Å². The number of ether oxygens (including phenoxy) is 2. The number of amides is 1. The molecule has 27 heavy (non-hydrogen) atoms. The lowest BCUT2D eigenvalue weighted by Gasteiger charge is -2.21. The first-order chi connectivity index (χ1) is 12.3. The zero-order valence-electron chi connectivity index (χ0n) is 16.7. The quantitative estimate of drug-likeness (QED) is 0.753. The van der Waals surface area contributed by atoms with E-state index in [0.717, 1.165) is 5.57 Å². The molecule has 0 radical (unpaired) electrons. The van der Waals surface area contributed by atoms with Gasteiger partial charge in [0.15, 0.2) is 0 Å². The monoisotopic (exact) mass is 394 g/mol. The van der Waals surface area contributed by atoms with E-state index in [4.69, 9.17) is 21.1 Å². The molecule has 1 atom stereocenters. The van der Waals surface area contributed by atoms with Gasteiger partial charge in [0.2, 0.25) is 0 Å². The predicted octanol–water partition coefficient (Wildman–Crippen LogP) is 4.67. The summed E-state index contributed by atoms with van der Waals surface area (Å²) in [6.45, 7) is 10.9. The van der Waals surface area contributed by atoms with Crippen LogP contribution in [0.2, 0.25) is 0 Å². The first kappa shape index (κ1) is 21.2. The van der Waals surface area contributed by atoms with Crippen LogP contribution in [-0.2, 0) is 9.47 Å². The van der Waals surface area contributed by atoms with E-state index in [1.807, 2.05) is 41.5 Å². The number of pyridine rings is 1. The maximum atomic E-state index is 12.1. The van der Waals surface area contributed by atoms with Gasteiger partial charge in [0.25, 0.3) is 0 Å². The fourth-order valence-electron chi connectivity index (χ4n) is 2.62. The molecule has 0 bridgehead atoms. The molecule has 1 aromatic rings. The maximum Gasteiger partial charge on any atom is 0.407 e. The van der Waals surface area contributed by atoms with Crippen LogP contribution in [0.25, 0.3) is 5.57 Å². The molecule has 0 saturated carbocycles. The second kappa shape index (κ2) is 7.89. The fourth-order valence-corrected chi connectivity index (χ4v) is 2.98. The van der Waals surface area contributed by atoms with Crippen molar-refractivity contribution in [3.8, 4) is 0 Å². The van der Waals surface area contributed by atoms with Gasteiger partial charge in [0.1, 0.15) is 11.2 Å². The lowest BCUT2D eigenvalue weighted by atomic mass is 10.1. The highest BCUT2D eigenvalue weighted by Crippen LogP contribution is 2.35. The molecule has 0 saturated heterocycles. The Hall–Kier alpha value is -2.08. The number of nitrogens with one attached hydrogen (secondary N) is 1. The molecule has 6 nitrogen and oxygen atoms in total. The minimum atomic E-state index is -0.562. The Labute approximate surface area is 165 Å². The third kappa shape index (κ3) is 6.54. The van der Waals surface area contributed by atoms with Gasteiger partial charge in [0, 0.05) is 23.7 Å². The van der Waals surface area contributed by atoms with Crippen molar-refractivity contribution in [1.29, 1.82) is 0 Å². The lowest BCUT2D eigenvalue weighted by molar-refractivity contribution is 0.00687. The van der Waals surface area contributed by atoms with Crippen molar-refractivity contribution >= 4 is 29.2 Å². The van der Waals surface area contributed by atoms with E-state index in [2.05, 4.69) is 10.3 Å². The van der Waals surface area contributed by atoms with E-state index in [9.17, 15) is 9.59 Å². The Morgan fingerprint density at radius 1 is 1.07 bits per heavy atom. The molecule has 2 rings (SSSR count). The van der Waals surface area contributed by atoms with Crippen molar-refractivity contribution in [2.75, 3.05) is 0 Å². The van der Waals surface area contributed by atoms with Crippen molar-refractivity contribution in [2.24, 2.45) is 0 Å². The zero-order chi connectivity index (χ0) is 20.4. The highest BCUT2D eigenvalue weighted by molar-refractivity contribution is 6.33. The highest BCUT2D eigenvalue weighted by Gasteiger charge is 2.28. The normalized spacial score (nSPS) is 17.7. The van der Waals surface area contributed by atoms with Crippen LogP contribution in [0, 0.1) is 0 Å². The first-order valence-electron chi connectivity index (χ1n) is 8.91. The van der Waals surface area contributed by atoms with Gasteiger partial charge in [0.05, 0.1) is 11.3 Å². The highest BCUT2D eigenvalue weighted by atomic mass is 35.5. The number of hydrogen-bond donors (Lipinski definition) is 1. The SMILES string of the molecule is CC(C)(C)OC(=O)NC1CC(Cl)=C(c2ccc(C(=O)OC(C)(C)C)cn2)C1. The number of carbonyl (C=O) groups excluding carboxylic acids is 2. The van der Waals surface area contributed by atoms with Crippen LogP contribution in [0.4, 0.5) is 4.79 Å². The summed E-state index contributed by atoms with van der Waals surface area (Å²) in [5.74, 6) is -0.419. The van der Waals surface area contributed by atoms with Gasteiger partial charge >= 0.3 is 12.1 Å². The van der Waals surface area contributed by atoms with E-state index in [0.29, 0.717) is 29.1 Å². The zero-order valence-corrected chi connectivity index (χ0v) is 17.4. The fraction of sp³-hybridized carbons (Fsp3) is 0.550. The van der Waals surface area contributed by atoms with Crippen LogP contribution in [0.3, 0.4) is 0 Å². The molecule has 1 aromatic heterocycles. The topological polar surface area (TPSA) is 77.5 Å². The summed E-state index contributed by atoms with van der Waals surface area (Å²) < 4.78 is 10.6. The Bertz CT molecular complexity index is 743. The van der Waals surface area contributed by atoms with Crippen molar-refractivity contribution in [1.82, 2.24) is 10.3 Å². The number of nitrogens with zero attached hydrogens (tertiary/aromatic N) is 1. The molecule has 0 fully saturated rings. The standard InChI is InChI=1S/C20H27ClN2O4/c1-19(2,3)26-17(24)12-7-8-16(22-11-12)14-9-13(10-15(14)21)23-18(25)27-20(4,5)6/h7-8,11,13H,9-10H2,1-6H3,(H,23,25). The van der Waals surface area contributed by atoms with Crippen LogP contribution in [0.15, 0.2) is 23.4 Å². The number of carbonyl (C=O) groups is 2. The lowest BCUT2D eigenvalue weighted by Crippen LogP contribution is -2.38. The maximum absolute atomic E-state index is 12.1. The Morgan fingerprint density at radius 3 is 2.22 bits per heavy atom. The molecule has 1 N–H and O–H groups in total. The van der Waals surface area contributed by atoms with Gasteiger partial charge < -0.3 is 14.8 Å². The Balaban J connectivity index is 2.01. The minimum Gasteiger partial charge on any atom is -0.456 e. The number of alkyl carbamates (subject to hydrolysis) is 1. The predicted molar refractivity (Wildman–Crippen MR) is 105 cm³/mol. The third-order valence-corrected chi connectivity index (χ3v) is 4.01. The summed E-state index contributed by atoms with van der Waals surface area (Å²) in [4.78, 5) is 28.4. The summed E-state index contributed by atoms with van der Waals surface area (Å²) in [6.07, 6.45) is 2.09. The summed E-state index contributed by atoms with van der Waals surface area (Å²) in [7, 11) is 0. The summed E-state index contributed by atoms with van der Waals surface area (Å²) in [6, 6.07) is 3.27. The number of halogens is 1. The molecule has 0 spiro atoms. The molecule has 0 aliphatic heterocycles. The van der Waals surface area contributed by atoms with Gasteiger partial charge in [-0.3, -0.25) is 4.98 Å². The van der Waals surface area contributed by atoms with E-state index in [-0.39, 0.29) is 6.04 Å². The van der Waals surface area contributed by atoms with Gasteiger partial charge in [-0.05, 0) is 65.7 Å². The number of hydrogen-bond acceptors (Lipinski definition) is 5. The van der Waals surface area contributed by atoms with Crippen LogP contribution < -0.4 is 5.32 Å². The molecule has 0 aromatic carbocycles. The number of aromatic nitrogens is 1.